The Morgan fingerprint density at radius 1 is 1.46 bits per heavy atom. The number of aryl methyl sites for hydroxylation is 1. The third kappa shape index (κ3) is 5.44. The highest BCUT2D eigenvalue weighted by atomic mass is 16.5. The maximum absolute atomic E-state index is 12.7. The lowest BCUT2D eigenvalue weighted by Gasteiger charge is -2.22. The number of amides is 2. The molecule has 1 heterocycles. The van der Waals surface area contributed by atoms with Crippen molar-refractivity contribution in [1.29, 1.82) is 5.26 Å². The van der Waals surface area contributed by atoms with Gasteiger partial charge in [-0.1, -0.05) is 18.2 Å². The summed E-state index contributed by atoms with van der Waals surface area (Å²) in [6.07, 6.45) is 1.69. The van der Waals surface area contributed by atoms with E-state index in [1.54, 1.807) is 30.2 Å². The van der Waals surface area contributed by atoms with Gasteiger partial charge in [0, 0.05) is 38.0 Å². The van der Waals surface area contributed by atoms with Crippen molar-refractivity contribution in [2.24, 2.45) is 0 Å². The average molecular weight is 381 g/mol. The number of nitrogens with zero attached hydrogens (tertiary/aromatic N) is 4. The van der Waals surface area contributed by atoms with Gasteiger partial charge in [-0.05, 0) is 31.5 Å². The van der Waals surface area contributed by atoms with Crippen molar-refractivity contribution < 1.29 is 9.53 Å². The Kier molecular flexibility index (Phi) is 7.78. The standard InChI is InChI=1S/C21H27N5O2/c1-5-9-25(15-19-8-6-7-18(12-19)13-22)21(27)23-14-20-16(2)24-26(17(20)3)10-11-28-4/h5-8,12H,1,9-11,14-15H2,2-4H3,(H,23,27). The minimum Gasteiger partial charge on any atom is -0.383 e. The van der Waals surface area contributed by atoms with E-state index < -0.39 is 0 Å². The van der Waals surface area contributed by atoms with E-state index in [9.17, 15) is 4.79 Å². The Bertz CT molecular complexity index is 866. The normalized spacial score (nSPS) is 10.4. The fourth-order valence-electron chi connectivity index (χ4n) is 3.00. The number of methoxy groups -OCH3 is 1. The first-order valence-corrected chi connectivity index (χ1v) is 9.14. The number of nitriles is 1. The fraction of sp³-hybridized carbons (Fsp3) is 0.381. The first-order valence-electron chi connectivity index (χ1n) is 9.14. The molecule has 0 radical (unpaired) electrons. The lowest BCUT2D eigenvalue weighted by Crippen LogP contribution is -2.39. The predicted octanol–water partition coefficient (Wildman–Crippen LogP) is 2.92. The molecule has 2 aromatic rings. The number of rotatable bonds is 9. The van der Waals surface area contributed by atoms with Crippen LogP contribution in [0.5, 0.6) is 0 Å². The third-order valence-corrected chi connectivity index (χ3v) is 4.52. The molecule has 0 saturated carbocycles. The van der Waals surface area contributed by atoms with E-state index in [1.807, 2.05) is 30.7 Å². The molecular formula is C21H27N5O2. The lowest BCUT2D eigenvalue weighted by molar-refractivity contribution is 0.182. The Morgan fingerprint density at radius 2 is 2.25 bits per heavy atom. The molecule has 7 nitrogen and oxygen atoms in total. The SMILES string of the molecule is C=CCN(Cc1cccc(C#N)c1)C(=O)NCc1c(C)nn(CCOC)c1C. The van der Waals surface area contributed by atoms with Crippen LogP contribution in [0.4, 0.5) is 4.79 Å². The van der Waals surface area contributed by atoms with Crippen molar-refractivity contribution in [1.82, 2.24) is 20.0 Å². The third-order valence-electron chi connectivity index (χ3n) is 4.52. The molecule has 0 aliphatic heterocycles. The Hall–Kier alpha value is -3.11. The molecule has 0 spiro atoms. The van der Waals surface area contributed by atoms with Crippen LogP contribution >= 0.6 is 0 Å². The smallest absolute Gasteiger partial charge is 0.318 e. The average Bonchev–Trinajstić information content (AvgIpc) is 2.97. The molecule has 7 heteroatoms. The van der Waals surface area contributed by atoms with Gasteiger partial charge in [-0.3, -0.25) is 4.68 Å². The van der Waals surface area contributed by atoms with Crippen molar-refractivity contribution >= 4 is 6.03 Å². The summed E-state index contributed by atoms with van der Waals surface area (Å²) in [6, 6.07) is 9.18. The minimum atomic E-state index is -0.189. The highest BCUT2D eigenvalue weighted by Crippen LogP contribution is 2.13. The van der Waals surface area contributed by atoms with Crippen molar-refractivity contribution in [2.75, 3.05) is 20.3 Å². The number of carbonyl (C=O) groups excluding carboxylic acids is 1. The van der Waals surface area contributed by atoms with E-state index >= 15 is 0 Å². The number of ether oxygens (including phenoxy) is 1. The molecule has 0 bridgehead atoms. The van der Waals surface area contributed by atoms with Gasteiger partial charge in [0.1, 0.15) is 0 Å². The number of hydrogen-bond acceptors (Lipinski definition) is 4. The van der Waals surface area contributed by atoms with Gasteiger partial charge in [-0.25, -0.2) is 4.79 Å². The molecule has 0 aliphatic rings. The summed E-state index contributed by atoms with van der Waals surface area (Å²) in [5.41, 5.74) is 4.40. The Labute approximate surface area is 166 Å². The predicted molar refractivity (Wildman–Crippen MR) is 108 cm³/mol. The summed E-state index contributed by atoms with van der Waals surface area (Å²) < 4.78 is 7.01. The Morgan fingerprint density at radius 3 is 2.93 bits per heavy atom. The van der Waals surface area contributed by atoms with Crippen LogP contribution in [-0.2, 0) is 24.4 Å². The van der Waals surface area contributed by atoms with Crippen molar-refractivity contribution in [3.05, 3.63) is 65.0 Å². The van der Waals surface area contributed by atoms with Gasteiger partial charge in [0.15, 0.2) is 0 Å². The van der Waals surface area contributed by atoms with E-state index in [0.29, 0.717) is 38.3 Å². The first kappa shape index (κ1) is 21.2. The summed E-state index contributed by atoms with van der Waals surface area (Å²) in [4.78, 5) is 14.4. The maximum Gasteiger partial charge on any atom is 0.318 e. The zero-order valence-corrected chi connectivity index (χ0v) is 16.7. The lowest BCUT2D eigenvalue weighted by atomic mass is 10.1. The fourth-order valence-corrected chi connectivity index (χ4v) is 3.00. The van der Waals surface area contributed by atoms with E-state index in [0.717, 1.165) is 22.5 Å². The van der Waals surface area contributed by atoms with E-state index in [-0.39, 0.29) is 6.03 Å². The monoisotopic (exact) mass is 381 g/mol. The molecule has 0 aliphatic carbocycles. The van der Waals surface area contributed by atoms with E-state index in [2.05, 4.69) is 23.1 Å². The highest BCUT2D eigenvalue weighted by molar-refractivity contribution is 5.74. The summed E-state index contributed by atoms with van der Waals surface area (Å²) in [5, 5.41) is 16.5. The van der Waals surface area contributed by atoms with Crippen LogP contribution in [0.1, 0.15) is 28.1 Å². The van der Waals surface area contributed by atoms with Crippen molar-refractivity contribution in [2.45, 2.75) is 33.5 Å². The van der Waals surface area contributed by atoms with Crippen molar-refractivity contribution in [3.63, 3.8) is 0 Å². The summed E-state index contributed by atoms with van der Waals surface area (Å²) in [7, 11) is 1.66. The second-order valence-corrected chi connectivity index (χ2v) is 6.51. The molecule has 0 unspecified atom stereocenters. The minimum absolute atomic E-state index is 0.189. The second-order valence-electron chi connectivity index (χ2n) is 6.51. The number of benzene rings is 1. The first-order chi connectivity index (χ1) is 13.5. The highest BCUT2D eigenvalue weighted by Gasteiger charge is 2.16. The van der Waals surface area contributed by atoms with Crippen LogP contribution in [-0.4, -0.2) is 41.0 Å². The quantitative estimate of drug-likeness (QED) is 0.677. The van der Waals surface area contributed by atoms with Crippen LogP contribution in [0.15, 0.2) is 36.9 Å². The molecule has 1 aromatic carbocycles. The van der Waals surface area contributed by atoms with Gasteiger partial charge in [-0.15, -0.1) is 6.58 Å². The molecule has 148 valence electrons. The molecular weight excluding hydrogens is 354 g/mol. The molecule has 28 heavy (non-hydrogen) atoms. The molecule has 1 N–H and O–H groups in total. The van der Waals surface area contributed by atoms with E-state index in [1.165, 1.54) is 0 Å². The molecule has 2 amide bonds. The number of carbonyl (C=O) groups is 1. The summed E-state index contributed by atoms with van der Waals surface area (Å²) >= 11 is 0. The Balaban J connectivity index is 2.05. The molecule has 1 aromatic heterocycles. The zero-order chi connectivity index (χ0) is 20.5. The summed E-state index contributed by atoms with van der Waals surface area (Å²) in [5.74, 6) is 0. The summed E-state index contributed by atoms with van der Waals surface area (Å²) in [6.45, 7) is 10.1. The number of nitrogens with one attached hydrogen (secondary N) is 1. The van der Waals surface area contributed by atoms with E-state index in [4.69, 9.17) is 10.00 Å². The number of hydrogen-bond donors (Lipinski definition) is 1. The van der Waals surface area contributed by atoms with Gasteiger partial charge in [0.05, 0.1) is 30.5 Å². The molecule has 0 atom stereocenters. The van der Waals surface area contributed by atoms with Crippen LogP contribution in [0.25, 0.3) is 0 Å². The van der Waals surface area contributed by atoms with Crippen molar-refractivity contribution in [3.8, 4) is 6.07 Å². The van der Waals surface area contributed by atoms with Crippen LogP contribution < -0.4 is 5.32 Å². The number of urea groups is 1. The molecule has 2 rings (SSSR count). The van der Waals surface area contributed by atoms with Gasteiger partial charge in [0.25, 0.3) is 0 Å². The second kappa shape index (κ2) is 10.3. The maximum atomic E-state index is 12.7. The topological polar surface area (TPSA) is 83.2 Å². The van der Waals surface area contributed by atoms with Crippen LogP contribution in [0.3, 0.4) is 0 Å². The molecule has 0 saturated heterocycles. The number of aromatic nitrogens is 2. The van der Waals surface area contributed by atoms with Gasteiger partial charge >= 0.3 is 6.03 Å². The van der Waals surface area contributed by atoms with Gasteiger partial charge in [-0.2, -0.15) is 10.4 Å². The van der Waals surface area contributed by atoms with Crippen LogP contribution in [0.2, 0.25) is 0 Å². The molecule has 0 fully saturated rings. The zero-order valence-electron chi connectivity index (χ0n) is 16.7. The van der Waals surface area contributed by atoms with Gasteiger partial charge in [0.2, 0.25) is 0 Å². The van der Waals surface area contributed by atoms with Gasteiger partial charge < -0.3 is 15.0 Å². The largest absolute Gasteiger partial charge is 0.383 e. The van der Waals surface area contributed by atoms with Crippen LogP contribution in [0, 0.1) is 25.2 Å².